The van der Waals surface area contributed by atoms with Gasteiger partial charge in [-0.3, -0.25) is 4.79 Å². The summed E-state index contributed by atoms with van der Waals surface area (Å²) in [6.07, 6.45) is 2.00. The largest absolute Gasteiger partial charge is 0.494 e. The molecule has 0 radical (unpaired) electrons. The fourth-order valence-corrected chi connectivity index (χ4v) is 2.05. The van der Waals surface area contributed by atoms with Crippen LogP contribution in [0.25, 0.3) is 0 Å². The third kappa shape index (κ3) is 2.98. The Balaban J connectivity index is 2.01. The van der Waals surface area contributed by atoms with Crippen molar-refractivity contribution in [1.82, 2.24) is 10.6 Å². The van der Waals surface area contributed by atoms with Crippen molar-refractivity contribution in [3.05, 3.63) is 29.6 Å². The van der Waals surface area contributed by atoms with E-state index >= 15 is 0 Å². The molecule has 1 amide bonds. The zero-order chi connectivity index (χ0) is 13.0. The molecule has 1 aromatic rings. The van der Waals surface area contributed by atoms with Crippen LogP contribution in [0.2, 0.25) is 0 Å². The van der Waals surface area contributed by atoms with E-state index in [9.17, 15) is 9.18 Å². The van der Waals surface area contributed by atoms with Gasteiger partial charge in [-0.2, -0.15) is 0 Å². The molecule has 5 heteroatoms. The van der Waals surface area contributed by atoms with Gasteiger partial charge in [0.1, 0.15) is 0 Å². The highest BCUT2D eigenvalue weighted by atomic mass is 19.1. The number of carbonyl (C=O) groups is 1. The molecule has 18 heavy (non-hydrogen) atoms. The second-order valence-corrected chi connectivity index (χ2v) is 4.37. The molecule has 2 N–H and O–H groups in total. The van der Waals surface area contributed by atoms with Crippen LogP contribution in [0.5, 0.6) is 5.75 Å². The summed E-state index contributed by atoms with van der Waals surface area (Å²) in [6, 6.07) is 4.35. The maximum Gasteiger partial charge on any atom is 0.251 e. The molecule has 0 bridgehead atoms. The highest BCUT2D eigenvalue weighted by molar-refractivity contribution is 5.94. The normalized spacial score (nSPS) is 19.3. The summed E-state index contributed by atoms with van der Waals surface area (Å²) in [7, 11) is 1.39. The number of benzene rings is 1. The van der Waals surface area contributed by atoms with Gasteiger partial charge in [0.15, 0.2) is 11.6 Å². The Bertz CT molecular complexity index is 431. The molecule has 1 heterocycles. The van der Waals surface area contributed by atoms with Crippen LogP contribution >= 0.6 is 0 Å². The fourth-order valence-electron chi connectivity index (χ4n) is 2.05. The van der Waals surface area contributed by atoms with E-state index in [4.69, 9.17) is 4.74 Å². The quantitative estimate of drug-likeness (QED) is 0.853. The van der Waals surface area contributed by atoms with Gasteiger partial charge in [-0.05, 0) is 37.6 Å². The van der Waals surface area contributed by atoms with E-state index in [-0.39, 0.29) is 17.7 Å². The summed E-state index contributed by atoms with van der Waals surface area (Å²) in [6.45, 7) is 1.76. The Morgan fingerprint density at radius 2 is 2.39 bits per heavy atom. The van der Waals surface area contributed by atoms with Gasteiger partial charge in [0.05, 0.1) is 7.11 Å². The lowest BCUT2D eigenvalue weighted by Gasteiger charge is -2.23. The van der Waals surface area contributed by atoms with E-state index in [1.54, 1.807) is 6.07 Å². The molecule has 1 aromatic carbocycles. The highest BCUT2D eigenvalue weighted by Gasteiger charge is 2.17. The summed E-state index contributed by atoms with van der Waals surface area (Å²) in [5.74, 6) is -0.622. The monoisotopic (exact) mass is 252 g/mol. The van der Waals surface area contributed by atoms with Gasteiger partial charge < -0.3 is 15.4 Å². The fraction of sp³-hybridized carbons (Fsp3) is 0.462. The van der Waals surface area contributed by atoms with Gasteiger partial charge >= 0.3 is 0 Å². The third-order valence-corrected chi connectivity index (χ3v) is 3.05. The van der Waals surface area contributed by atoms with E-state index in [1.165, 1.54) is 19.2 Å². The average Bonchev–Trinajstić information content (AvgIpc) is 2.39. The zero-order valence-corrected chi connectivity index (χ0v) is 10.3. The molecule has 1 aliphatic rings. The number of amides is 1. The van der Waals surface area contributed by atoms with Crippen molar-refractivity contribution in [2.45, 2.75) is 18.9 Å². The summed E-state index contributed by atoms with van der Waals surface area (Å²) in [5, 5.41) is 6.10. The SMILES string of the molecule is COc1ccc(C(=O)N[C@@H]2CCCNC2)cc1F. The number of methoxy groups -OCH3 is 1. The van der Waals surface area contributed by atoms with Gasteiger partial charge in [-0.15, -0.1) is 0 Å². The van der Waals surface area contributed by atoms with Crippen molar-refractivity contribution in [1.29, 1.82) is 0 Å². The number of halogens is 1. The van der Waals surface area contributed by atoms with Gasteiger partial charge in [-0.25, -0.2) is 4.39 Å². The van der Waals surface area contributed by atoms with Gasteiger partial charge in [-0.1, -0.05) is 0 Å². The molecular formula is C13H17FN2O2. The Hall–Kier alpha value is -1.62. The van der Waals surface area contributed by atoms with Crippen LogP contribution in [-0.4, -0.2) is 32.1 Å². The lowest BCUT2D eigenvalue weighted by molar-refractivity contribution is 0.0930. The first-order chi connectivity index (χ1) is 8.70. The van der Waals surface area contributed by atoms with E-state index in [0.717, 1.165) is 25.9 Å². The number of rotatable bonds is 3. The van der Waals surface area contributed by atoms with Crippen LogP contribution in [0, 0.1) is 5.82 Å². The van der Waals surface area contributed by atoms with Crippen molar-refractivity contribution < 1.29 is 13.9 Å². The Labute approximate surface area is 106 Å². The number of piperidine rings is 1. The third-order valence-electron chi connectivity index (χ3n) is 3.05. The summed E-state index contributed by atoms with van der Waals surface area (Å²) >= 11 is 0. The topological polar surface area (TPSA) is 50.4 Å². The molecule has 1 fully saturated rings. The predicted molar refractivity (Wildman–Crippen MR) is 66.3 cm³/mol. The van der Waals surface area contributed by atoms with Gasteiger partial charge in [0.2, 0.25) is 0 Å². The van der Waals surface area contributed by atoms with Crippen LogP contribution in [0.1, 0.15) is 23.2 Å². The Morgan fingerprint density at radius 1 is 1.56 bits per heavy atom. The Morgan fingerprint density at radius 3 is 3.00 bits per heavy atom. The molecule has 1 aliphatic heterocycles. The van der Waals surface area contributed by atoms with Crippen LogP contribution in [0.4, 0.5) is 4.39 Å². The minimum absolute atomic E-state index is 0.122. The molecule has 4 nitrogen and oxygen atoms in total. The molecule has 0 aromatic heterocycles. The lowest BCUT2D eigenvalue weighted by Crippen LogP contribution is -2.45. The summed E-state index contributed by atoms with van der Waals surface area (Å²) < 4.78 is 18.3. The molecular weight excluding hydrogens is 235 g/mol. The molecule has 0 saturated carbocycles. The second-order valence-electron chi connectivity index (χ2n) is 4.37. The maximum absolute atomic E-state index is 13.5. The molecule has 0 unspecified atom stereocenters. The first-order valence-corrected chi connectivity index (χ1v) is 6.06. The highest BCUT2D eigenvalue weighted by Crippen LogP contribution is 2.17. The van der Waals surface area contributed by atoms with E-state index in [2.05, 4.69) is 10.6 Å². The van der Waals surface area contributed by atoms with Crippen LogP contribution in [-0.2, 0) is 0 Å². The predicted octanol–water partition coefficient (Wildman–Crippen LogP) is 1.32. The Kier molecular flexibility index (Phi) is 4.15. The smallest absolute Gasteiger partial charge is 0.251 e. The minimum atomic E-state index is -0.521. The van der Waals surface area contributed by atoms with Gasteiger partial charge in [0, 0.05) is 18.2 Å². The first-order valence-electron chi connectivity index (χ1n) is 6.06. The number of ether oxygens (including phenoxy) is 1. The number of hydrogen-bond acceptors (Lipinski definition) is 3. The second kappa shape index (κ2) is 5.82. The van der Waals surface area contributed by atoms with Crippen molar-refractivity contribution >= 4 is 5.91 Å². The maximum atomic E-state index is 13.5. The van der Waals surface area contributed by atoms with Crippen molar-refractivity contribution in [2.24, 2.45) is 0 Å². The molecule has 0 spiro atoms. The van der Waals surface area contributed by atoms with Crippen LogP contribution < -0.4 is 15.4 Å². The van der Waals surface area contributed by atoms with Crippen molar-refractivity contribution in [3.8, 4) is 5.75 Å². The molecule has 98 valence electrons. The average molecular weight is 252 g/mol. The summed E-state index contributed by atoms with van der Waals surface area (Å²) in [5.41, 5.74) is 0.318. The van der Waals surface area contributed by atoms with Crippen LogP contribution in [0.15, 0.2) is 18.2 Å². The molecule has 0 aliphatic carbocycles. The summed E-state index contributed by atoms with van der Waals surface area (Å²) in [4.78, 5) is 11.9. The molecule has 1 saturated heterocycles. The van der Waals surface area contributed by atoms with E-state index in [0.29, 0.717) is 5.56 Å². The zero-order valence-electron chi connectivity index (χ0n) is 10.3. The number of nitrogens with one attached hydrogen (secondary N) is 2. The standard InChI is InChI=1S/C13H17FN2O2/c1-18-12-5-4-9(7-11(12)14)13(17)16-10-3-2-6-15-8-10/h4-5,7,10,15H,2-3,6,8H2,1H3,(H,16,17)/t10-/m1/s1. The van der Waals surface area contributed by atoms with Gasteiger partial charge in [0.25, 0.3) is 5.91 Å². The van der Waals surface area contributed by atoms with Crippen molar-refractivity contribution in [2.75, 3.05) is 20.2 Å². The number of hydrogen-bond donors (Lipinski definition) is 2. The van der Waals surface area contributed by atoms with Crippen LogP contribution in [0.3, 0.4) is 0 Å². The van der Waals surface area contributed by atoms with E-state index < -0.39 is 5.82 Å². The molecule has 1 atom stereocenters. The molecule has 2 rings (SSSR count). The minimum Gasteiger partial charge on any atom is -0.494 e. The lowest BCUT2D eigenvalue weighted by atomic mass is 10.1. The van der Waals surface area contributed by atoms with Crippen molar-refractivity contribution in [3.63, 3.8) is 0 Å². The van der Waals surface area contributed by atoms with E-state index in [1.807, 2.05) is 0 Å². The first kappa shape index (κ1) is 12.8. The number of carbonyl (C=O) groups excluding carboxylic acids is 1.